The summed E-state index contributed by atoms with van der Waals surface area (Å²) in [6.07, 6.45) is 2.36. The molecule has 1 aromatic rings. The Labute approximate surface area is 130 Å². The van der Waals surface area contributed by atoms with Crippen LogP contribution in [0, 0.1) is 5.92 Å². The van der Waals surface area contributed by atoms with E-state index in [0.29, 0.717) is 0 Å². The quantitative estimate of drug-likeness (QED) is 0.873. The number of hydrogen-bond donors (Lipinski definition) is 1. The summed E-state index contributed by atoms with van der Waals surface area (Å²) in [4.78, 5) is 5.07. The van der Waals surface area contributed by atoms with Crippen LogP contribution < -0.4 is 5.73 Å². The Hall–Kier alpha value is -0.900. The van der Waals surface area contributed by atoms with Crippen molar-refractivity contribution in [1.29, 1.82) is 0 Å². The van der Waals surface area contributed by atoms with Crippen molar-refractivity contribution in [2.75, 3.05) is 33.2 Å². The van der Waals surface area contributed by atoms with Gasteiger partial charge in [-0.1, -0.05) is 44.2 Å². The van der Waals surface area contributed by atoms with E-state index < -0.39 is 0 Å². The highest BCUT2D eigenvalue weighted by Crippen LogP contribution is 2.28. The minimum Gasteiger partial charge on any atom is -0.329 e. The molecule has 0 spiro atoms. The lowest BCUT2D eigenvalue weighted by Crippen LogP contribution is -2.58. The van der Waals surface area contributed by atoms with Crippen molar-refractivity contribution in [2.45, 2.75) is 38.8 Å². The highest BCUT2D eigenvalue weighted by Gasteiger charge is 2.36. The van der Waals surface area contributed by atoms with Gasteiger partial charge >= 0.3 is 0 Å². The fraction of sp³-hybridized carbons (Fsp3) is 0.667. The van der Waals surface area contributed by atoms with Crippen molar-refractivity contribution < 1.29 is 0 Å². The van der Waals surface area contributed by atoms with Gasteiger partial charge in [-0.25, -0.2) is 0 Å². The number of rotatable bonds is 6. The monoisotopic (exact) mass is 289 g/mol. The summed E-state index contributed by atoms with van der Waals surface area (Å²) in [5.41, 5.74) is 7.72. The maximum Gasteiger partial charge on any atom is 0.0356 e. The van der Waals surface area contributed by atoms with Crippen molar-refractivity contribution in [3.63, 3.8) is 0 Å². The van der Waals surface area contributed by atoms with Gasteiger partial charge in [0.25, 0.3) is 0 Å². The molecule has 1 aromatic carbocycles. The van der Waals surface area contributed by atoms with Crippen molar-refractivity contribution in [3.05, 3.63) is 35.9 Å². The van der Waals surface area contributed by atoms with Gasteiger partial charge in [-0.3, -0.25) is 4.90 Å². The van der Waals surface area contributed by atoms with E-state index in [1.807, 2.05) is 0 Å². The van der Waals surface area contributed by atoms with E-state index in [2.05, 4.69) is 61.0 Å². The first-order chi connectivity index (χ1) is 10.1. The van der Waals surface area contributed by atoms with Crippen LogP contribution in [0.1, 0.15) is 32.3 Å². The van der Waals surface area contributed by atoms with E-state index in [1.54, 1.807) is 0 Å². The Morgan fingerprint density at radius 1 is 1.19 bits per heavy atom. The van der Waals surface area contributed by atoms with Gasteiger partial charge in [0.05, 0.1) is 0 Å². The number of benzene rings is 1. The molecule has 1 aliphatic heterocycles. The molecule has 118 valence electrons. The van der Waals surface area contributed by atoms with Gasteiger partial charge in [0.1, 0.15) is 0 Å². The maximum absolute atomic E-state index is 6.18. The molecule has 0 saturated carbocycles. The molecular weight excluding hydrogens is 258 g/mol. The standard InChI is InChI=1S/C18H31N3/c1-16(2)13-21-11-9-18(15-19,10-12-21)20(3)14-17-7-5-4-6-8-17/h4-8,16H,9-15,19H2,1-3H3. The van der Waals surface area contributed by atoms with Crippen LogP contribution in [-0.4, -0.2) is 48.6 Å². The van der Waals surface area contributed by atoms with E-state index in [1.165, 1.54) is 38.0 Å². The first-order valence-electron chi connectivity index (χ1n) is 8.23. The number of likely N-dealkylation sites (N-methyl/N-ethyl adjacent to an activating group) is 1. The van der Waals surface area contributed by atoms with E-state index in [-0.39, 0.29) is 5.54 Å². The maximum atomic E-state index is 6.18. The summed E-state index contributed by atoms with van der Waals surface area (Å²) in [6.45, 7) is 9.90. The van der Waals surface area contributed by atoms with Crippen LogP contribution in [0.4, 0.5) is 0 Å². The minimum atomic E-state index is 0.170. The molecule has 1 saturated heterocycles. The average molecular weight is 289 g/mol. The smallest absolute Gasteiger partial charge is 0.0356 e. The predicted octanol–water partition coefficient (Wildman–Crippen LogP) is 2.57. The summed E-state index contributed by atoms with van der Waals surface area (Å²) in [7, 11) is 2.23. The summed E-state index contributed by atoms with van der Waals surface area (Å²) in [5.74, 6) is 0.748. The largest absolute Gasteiger partial charge is 0.329 e. The second-order valence-corrected chi connectivity index (χ2v) is 6.96. The third kappa shape index (κ3) is 4.29. The Balaban J connectivity index is 1.96. The minimum absolute atomic E-state index is 0.170. The van der Waals surface area contributed by atoms with Crippen molar-refractivity contribution >= 4 is 0 Å². The highest BCUT2D eigenvalue weighted by atomic mass is 15.2. The molecule has 0 atom stereocenters. The molecule has 21 heavy (non-hydrogen) atoms. The molecule has 3 nitrogen and oxygen atoms in total. The summed E-state index contributed by atoms with van der Waals surface area (Å²) in [5, 5.41) is 0. The molecule has 0 radical (unpaired) electrons. The molecule has 0 bridgehead atoms. The SMILES string of the molecule is CC(C)CN1CCC(CN)(N(C)Cc2ccccc2)CC1. The van der Waals surface area contributed by atoms with E-state index >= 15 is 0 Å². The second-order valence-electron chi connectivity index (χ2n) is 6.96. The van der Waals surface area contributed by atoms with Gasteiger partial charge in [0, 0.05) is 25.2 Å². The number of nitrogens with two attached hydrogens (primary N) is 1. The number of hydrogen-bond acceptors (Lipinski definition) is 3. The number of likely N-dealkylation sites (tertiary alicyclic amines) is 1. The third-order valence-electron chi connectivity index (χ3n) is 4.86. The van der Waals surface area contributed by atoms with Crippen LogP contribution in [-0.2, 0) is 6.54 Å². The Kier molecular flexibility index (Phi) is 5.80. The molecule has 2 rings (SSSR count). The van der Waals surface area contributed by atoms with E-state index in [0.717, 1.165) is 19.0 Å². The van der Waals surface area contributed by atoms with Crippen LogP contribution in [0.2, 0.25) is 0 Å². The number of piperidine rings is 1. The summed E-state index contributed by atoms with van der Waals surface area (Å²) < 4.78 is 0. The molecule has 0 aromatic heterocycles. The zero-order chi connectivity index (χ0) is 15.3. The van der Waals surface area contributed by atoms with Crippen LogP contribution in [0.25, 0.3) is 0 Å². The lowest BCUT2D eigenvalue weighted by Gasteiger charge is -2.47. The fourth-order valence-electron chi connectivity index (χ4n) is 3.43. The van der Waals surface area contributed by atoms with Gasteiger partial charge < -0.3 is 10.6 Å². The summed E-state index contributed by atoms with van der Waals surface area (Å²) in [6, 6.07) is 10.7. The molecule has 1 aliphatic rings. The molecule has 0 aliphatic carbocycles. The Morgan fingerprint density at radius 3 is 2.33 bits per heavy atom. The van der Waals surface area contributed by atoms with Crippen LogP contribution in [0.15, 0.2) is 30.3 Å². The molecule has 0 amide bonds. The molecule has 2 N–H and O–H groups in total. The topological polar surface area (TPSA) is 32.5 Å². The Morgan fingerprint density at radius 2 is 1.81 bits per heavy atom. The van der Waals surface area contributed by atoms with Gasteiger partial charge in [-0.15, -0.1) is 0 Å². The molecule has 0 unspecified atom stereocenters. The average Bonchev–Trinajstić information content (AvgIpc) is 2.48. The zero-order valence-electron chi connectivity index (χ0n) is 13.9. The normalized spacial score (nSPS) is 19.3. The van der Waals surface area contributed by atoms with Crippen LogP contribution in [0.3, 0.4) is 0 Å². The lowest BCUT2D eigenvalue weighted by molar-refractivity contribution is 0.0364. The van der Waals surface area contributed by atoms with Crippen LogP contribution in [0.5, 0.6) is 0 Å². The van der Waals surface area contributed by atoms with E-state index in [9.17, 15) is 0 Å². The van der Waals surface area contributed by atoms with Gasteiger partial charge in [0.2, 0.25) is 0 Å². The van der Waals surface area contributed by atoms with Crippen LogP contribution >= 0.6 is 0 Å². The zero-order valence-corrected chi connectivity index (χ0v) is 13.9. The van der Waals surface area contributed by atoms with Crippen molar-refractivity contribution in [2.24, 2.45) is 11.7 Å². The predicted molar refractivity (Wildman–Crippen MR) is 90.2 cm³/mol. The fourth-order valence-corrected chi connectivity index (χ4v) is 3.43. The first kappa shape index (κ1) is 16.5. The first-order valence-corrected chi connectivity index (χ1v) is 8.23. The molecule has 3 heteroatoms. The van der Waals surface area contributed by atoms with Crippen molar-refractivity contribution in [1.82, 2.24) is 9.80 Å². The second kappa shape index (κ2) is 7.39. The molecule has 1 heterocycles. The lowest BCUT2D eigenvalue weighted by atomic mass is 9.85. The summed E-state index contributed by atoms with van der Waals surface area (Å²) >= 11 is 0. The molecule has 1 fully saturated rings. The third-order valence-corrected chi connectivity index (χ3v) is 4.86. The van der Waals surface area contributed by atoms with Crippen molar-refractivity contribution in [3.8, 4) is 0 Å². The van der Waals surface area contributed by atoms with Gasteiger partial charge in [-0.2, -0.15) is 0 Å². The van der Waals surface area contributed by atoms with Gasteiger partial charge in [-0.05, 0) is 44.5 Å². The van der Waals surface area contributed by atoms with E-state index in [4.69, 9.17) is 5.73 Å². The Bertz CT molecular complexity index is 408. The number of nitrogens with zero attached hydrogens (tertiary/aromatic N) is 2. The molecular formula is C18H31N3. The van der Waals surface area contributed by atoms with Gasteiger partial charge in [0.15, 0.2) is 0 Å². The highest BCUT2D eigenvalue weighted by molar-refractivity contribution is 5.15.